The van der Waals surface area contributed by atoms with Crippen LogP contribution >= 0.6 is 0 Å². The molecule has 0 saturated carbocycles. The van der Waals surface area contributed by atoms with Crippen molar-refractivity contribution >= 4 is 28.7 Å². The van der Waals surface area contributed by atoms with Crippen molar-refractivity contribution in [1.82, 2.24) is 15.6 Å². The van der Waals surface area contributed by atoms with Crippen molar-refractivity contribution < 1.29 is 24.2 Å². The van der Waals surface area contributed by atoms with Gasteiger partial charge in [0.25, 0.3) is 5.91 Å². The van der Waals surface area contributed by atoms with E-state index in [1.165, 1.54) is 0 Å². The van der Waals surface area contributed by atoms with E-state index < -0.39 is 23.8 Å². The number of aromatic amines is 1. The van der Waals surface area contributed by atoms with Crippen LogP contribution in [0, 0.1) is 0 Å². The molecular formula is C19H25N3O5. The SMILES string of the molecule is CC(C)(C)OCCC(NC(=O)CNC(=O)c1cc2ccccc2[nH]1)C(=O)O. The molecule has 0 aliphatic heterocycles. The van der Waals surface area contributed by atoms with Crippen LogP contribution in [0.15, 0.2) is 30.3 Å². The van der Waals surface area contributed by atoms with E-state index in [0.717, 1.165) is 10.9 Å². The summed E-state index contributed by atoms with van der Waals surface area (Å²) in [5, 5.41) is 15.0. The first kappa shape index (κ1) is 20.4. The first-order chi connectivity index (χ1) is 12.7. The summed E-state index contributed by atoms with van der Waals surface area (Å²) in [6.07, 6.45) is 0.133. The molecule has 1 heterocycles. The molecule has 0 radical (unpaired) electrons. The molecule has 0 saturated heterocycles. The number of carbonyl (C=O) groups excluding carboxylic acids is 2. The van der Waals surface area contributed by atoms with Gasteiger partial charge in [0.1, 0.15) is 11.7 Å². The number of nitrogens with one attached hydrogen (secondary N) is 3. The van der Waals surface area contributed by atoms with E-state index in [4.69, 9.17) is 4.74 Å². The summed E-state index contributed by atoms with van der Waals surface area (Å²) in [5.41, 5.74) is 0.759. The molecule has 8 heteroatoms. The number of aromatic nitrogens is 1. The maximum atomic E-state index is 12.2. The smallest absolute Gasteiger partial charge is 0.326 e. The number of aliphatic carboxylic acids is 1. The second kappa shape index (κ2) is 8.68. The maximum Gasteiger partial charge on any atom is 0.326 e. The molecule has 27 heavy (non-hydrogen) atoms. The zero-order chi connectivity index (χ0) is 20.0. The molecule has 0 bridgehead atoms. The number of H-pyrrole nitrogens is 1. The van der Waals surface area contributed by atoms with Gasteiger partial charge in [0.2, 0.25) is 5.91 Å². The first-order valence-corrected chi connectivity index (χ1v) is 8.68. The Morgan fingerprint density at radius 3 is 2.56 bits per heavy atom. The van der Waals surface area contributed by atoms with E-state index in [-0.39, 0.29) is 25.2 Å². The minimum Gasteiger partial charge on any atom is -0.480 e. The summed E-state index contributed by atoms with van der Waals surface area (Å²) in [7, 11) is 0. The lowest BCUT2D eigenvalue weighted by atomic mass is 10.1. The van der Waals surface area contributed by atoms with Gasteiger partial charge in [0.15, 0.2) is 0 Å². The number of hydrogen-bond donors (Lipinski definition) is 4. The lowest BCUT2D eigenvalue weighted by molar-refractivity contribution is -0.142. The highest BCUT2D eigenvalue weighted by Gasteiger charge is 2.21. The fourth-order valence-electron chi connectivity index (χ4n) is 2.44. The van der Waals surface area contributed by atoms with Gasteiger partial charge in [-0.25, -0.2) is 4.79 Å². The predicted molar refractivity (Wildman–Crippen MR) is 101 cm³/mol. The Morgan fingerprint density at radius 2 is 1.93 bits per heavy atom. The average molecular weight is 375 g/mol. The summed E-state index contributed by atoms with van der Waals surface area (Å²) in [5.74, 6) is -2.17. The predicted octanol–water partition coefficient (Wildman–Crippen LogP) is 1.67. The van der Waals surface area contributed by atoms with Crippen LogP contribution in [0.1, 0.15) is 37.7 Å². The Hall–Kier alpha value is -2.87. The topological polar surface area (TPSA) is 121 Å². The Morgan fingerprint density at radius 1 is 1.22 bits per heavy atom. The number of ether oxygens (including phenoxy) is 1. The van der Waals surface area contributed by atoms with Crippen molar-refractivity contribution in [3.05, 3.63) is 36.0 Å². The van der Waals surface area contributed by atoms with Crippen LogP contribution in [0.4, 0.5) is 0 Å². The number of hydrogen-bond acceptors (Lipinski definition) is 4. The summed E-state index contributed by atoms with van der Waals surface area (Å²) in [4.78, 5) is 38.4. The Kier molecular flexibility index (Phi) is 6.57. The number of rotatable bonds is 8. The van der Waals surface area contributed by atoms with E-state index >= 15 is 0 Å². The van der Waals surface area contributed by atoms with Crippen molar-refractivity contribution in [3.8, 4) is 0 Å². The number of carboxylic acids is 1. The number of para-hydroxylation sites is 1. The third kappa shape index (κ3) is 6.41. The molecule has 1 atom stereocenters. The third-order valence-electron chi connectivity index (χ3n) is 3.76. The van der Waals surface area contributed by atoms with Gasteiger partial charge in [-0.3, -0.25) is 9.59 Å². The summed E-state index contributed by atoms with van der Waals surface area (Å²) in [6, 6.07) is 8.03. The van der Waals surface area contributed by atoms with Crippen molar-refractivity contribution in [2.24, 2.45) is 0 Å². The molecule has 0 aliphatic rings. The zero-order valence-electron chi connectivity index (χ0n) is 15.7. The highest BCUT2D eigenvalue weighted by atomic mass is 16.5. The Balaban J connectivity index is 1.84. The van der Waals surface area contributed by atoms with Gasteiger partial charge in [0.05, 0.1) is 12.1 Å². The van der Waals surface area contributed by atoms with E-state index in [1.54, 1.807) is 6.07 Å². The van der Waals surface area contributed by atoms with Crippen LogP contribution in [0.25, 0.3) is 10.9 Å². The number of benzene rings is 1. The molecule has 2 amide bonds. The molecule has 1 aromatic heterocycles. The number of carbonyl (C=O) groups is 3. The summed E-state index contributed by atoms with van der Waals surface area (Å²) >= 11 is 0. The fourth-order valence-corrected chi connectivity index (χ4v) is 2.44. The monoisotopic (exact) mass is 375 g/mol. The van der Waals surface area contributed by atoms with Crippen LogP contribution in [-0.2, 0) is 14.3 Å². The number of amides is 2. The molecule has 8 nitrogen and oxygen atoms in total. The maximum absolute atomic E-state index is 12.2. The lowest BCUT2D eigenvalue weighted by Gasteiger charge is -2.21. The highest BCUT2D eigenvalue weighted by molar-refractivity contribution is 5.99. The average Bonchev–Trinajstić information content (AvgIpc) is 3.01. The highest BCUT2D eigenvalue weighted by Crippen LogP contribution is 2.14. The molecule has 4 N–H and O–H groups in total. The van der Waals surface area contributed by atoms with E-state index in [1.807, 2.05) is 45.0 Å². The molecule has 2 aromatic rings. The molecule has 0 spiro atoms. The van der Waals surface area contributed by atoms with Gasteiger partial charge < -0.3 is 25.5 Å². The Bertz CT molecular complexity index is 789. The van der Waals surface area contributed by atoms with Gasteiger partial charge in [-0.2, -0.15) is 0 Å². The fraction of sp³-hybridized carbons (Fsp3) is 0.421. The molecule has 0 aliphatic carbocycles. The van der Waals surface area contributed by atoms with Crippen LogP contribution in [-0.4, -0.2) is 52.7 Å². The number of fused-ring (bicyclic) bond motifs is 1. The minimum atomic E-state index is -1.15. The zero-order valence-corrected chi connectivity index (χ0v) is 15.7. The van der Waals surface area contributed by atoms with Gasteiger partial charge in [0, 0.05) is 23.9 Å². The molecule has 2 rings (SSSR count). The van der Waals surface area contributed by atoms with Crippen molar-refractivity contribution in [3.63, 3.8) is 0 Å². The first-order valence-electron chi connectivity index (χ1n) is 8.68. The van der Waals surface area contributed by atoms with Gasteiger partial charge in [-0.15, -0.1) is 0 Å². The van der Waals surface area contributed by atoms with E-state index in [9.17, 15) is 19.5 Å². The summed E-state index contributed by atoms with van der Waals surface area (Å²) in [6.45, 7) is 5.46. The molecule has 146 valence electrons. The second-order valence-corrected chi connectivity index (χ2v) is 7.16. The van der Waals surface area contributed by atoms with E-state index in [2.05, 4.69) is 15.6 Å². The number of carboxylic acid groups (broad SMARTS) is 1. The molecule has 1 unspecified atom stereocenters. The largest absolute Gasteiger partial charge is 0.480 e. The van der Waals surface area contributed by atoms with Crippen LogP contribution < -0.4 is 10.6 Å². The Labute approximate surface area is 157 Å². The van der Waals surface area contributed by atoms with Crippen LogP contribution in [0.3, 0.4) is 0 Å². The van der Waals surface area contributed by atoms with Crippen LogP contribution in [0.5, 0.6) is 0 Å². The standard InChI is InChI=1S/C19H25N3O5/c1-19(2,3)27-9-8-14(18(25)26)22-16(23)11-20-17(24)15-10-12-6-4-5-7-13(12)21-15/h4-7,10,14,21H,8-9,11H2,1-3H3,(H,20,24)(H,22,23)(H,25,26). The quantitative estimate of drug-likeness (QED) is 0.559. The lowest BCUT2D eigenvalue weighted by Crippen LogP contribution is -2.46. The van der Waals surface area contributed by atoms with Crippen molar-refractivity contribution in [2.45, 2.75) is 38.8 Å². The van der Waals surface area contributed by atoms with Gasteiger partial charge in [-0.1, -0.05) is 18.2 Å². The van der Waals surface area contributed by atoms with Crippen molar-refractivity contribution in [2.75, 3.05) is 13.2 Å². The second-order valence-electron chi connectivity index (χ2n) is 7.16. The van der Waals surface area contributed by atoms with Crippen LogP contribution in [0.2, 0.25) is 0 Å². The van der Waals surface area contributed by atoms with Gasteiger partial charge in [-0.05, 0) is 32.9 Å². The van der Waals surface area contributed by atoms with Crippen molar-refractivity contribution in [1.29, 1.82) is 0 Å². The minimum absolute atomic E-state index is 0.133. The third-order valence-corrected chi connectivity index (χ3v) is 3.76. The molecule has 0 fully saturated rings. The normalized spacial score (nSPS) is 12.6. The molecule has 1 aromatic carbocycles. The van der Waals surface area contributed by atoms with Gasteiger partial charge >= 0.3 is 5.97 Å². The summed E-state index contributed by atoms with van der Waals surface area (Å²) < 4.78 is 5.49. The molecular weight excluding hydrogens is 350 g/mol. The van der Waals surface area contributed by atoms with E-state index in [0.29, 0.717) is 5.69 Å².